The molecular weight excluding hydrogens is 281 g/mol. The Labute approximate surface area is 109 Å². The number of nitrogens with one attached hydrogen (secondary N) is 1. The molecule has 0 aliphatic rings. The summed E-state index contributed by atoms with van der Waals surface area (Å²) in [5.74, 6) is 0. The minimum atomic E-state index is -4.64. The van der Waals surface area contributed by atoms with E-state index in [1.165, 1.54) is 6.92 Å². The Hall–Kier alpha value is -1.28. The first-order valence-electron chi connectivity index (χ1n) is 5.56. The average Bonchev–Trinajstić information content (AvgIpc) is 2.28. The highest BCUT2D eigenvalue weighted by Gasteiger charge is 2.33. The summed E-state index contributed by atoms with van der Waals surface area (Å²) >= 11 is 0. The van der Waals surface area contributed by atoms with Crippen LogP contribution in [0.3, 0.4) is 0 Å². The van der Waals surface area contributed by atoms with Crippen LogP contribution in [0.15, 0.2) is 17.0 Å². The second-order valence-electron chi connectivity index (χ2n) is 4.08. The molecule has 19 heavy (non-hydrogen) atoms. The standard InChI is InChI=1S/C11H15F3N2O2S/c1-3-4-16-19(17,18)10-6-8(11(12,13)14)5-9(15)7(10)2/h5-6,16H,3-4,15H2,1-2H3. The van der Waals surface area contributed by atoms with Crippen LogP contribution in [0.2, 0.25) is 0 Å². The maximum atomic E-state index is 12.6. The summed E-state index contributed by atoms with van der Waals surface area (Å²) < 4.78 is 64.0. The van der Waals surface area contributed by atoms with Gasteiger partial charge < -0.3 is 5.73 Å². The molecule has 1 rings (SSSR count). The van der Waals surface area contributed by atoms with Crippen LogP contribution in [0.1, 0.15) is 24.5 Å². The summed E-state index contributed by atoms with van der Waals surface area (Å²) in [4.78, 5) is -0.437. The van der Waals surface area contributed by atoms with Crippen LogP contribution in [0.5, 0.6) is 0 Å². The lowest BCUT2D eigenvalue weighted by Crippen LogP contribution is -2.26. The molecule has 108 valence electrons. The Morgan fingerprint density at radius 1 is 1.32 bits per heavy atom. The van der Waals surface area contributed by atoms with Gasteiger partial charge in [0.15, 0.2) is 0 Å². The summed E-state index contributed by atoms with van der Waals surface area (Å²) in [6, 6.07) is 1.33. The van der Waals surface area contributed by atoms with Crippen LogP contribution in [0, 0.1) is 6.92 Å². The Morgan fingerprint density at radius 3 is 2.37 bits per heavy atom. The Balaban J connectivity index is 3.39. The first-order valence-corrected chi connectivity index (χ1v) is 7.05. The monoisotopic (exact) mass is 296 g/mol. The molecule has 0 spiro atoms. The largest absolute Gasteiger partial charge is 0.416 e. The second-order valence-corrected chi connectivity index (χ2v) is 5.82. The van der Waals surface area contributed by atoms with E-state index in [-0.39, 0.29) is 17.8 Å². The van der Waals surface area contributed by atoms with Gasteiger partial charge in [0.05, 0.1) is 10.5 Å². The van der Waals surface area contributed by atoms with Crippen LogP contribution >= 0.6 is 0 Å². The highest BCUT2D eigenvalue weighted by atomic mass is 32.2. The summed E-state index contributed by atoms with van der Waals surface area (Å²) in [6.45, 7) is 3.27. The van der Waals surface area contributed by atoms with Gasteiger partial charge in [-0.3, -0.25) is 0 Å². The third kappa shape index (κ3) is 3.60. The Morgan fingerprint density at radius 2 is 1.89 bits per heavy atom. The minimum Gasteiger partial charge on any atom is -0.398 e. The number of sulfonamides is 1. The fraction of sp³-hybridized carbons (Fsp3) is 0.455. The van der Waals surface area contributed by atoms with Crippen molar-refractivity contribution in [2.24, 2.45) is 0 Å². The zero-order chi connectivity index (χ0) is 14.8. The quantitative estimate of drug-likeness (QED) is 0.837. The van der Waals surface area contributed by atoms with Gasteiger partial charge in [-0.05, 0) is 31.0 Å². The molecule has 4 nitrogen and oxygen atoms in total. The van der Waals surface area contributed by atoms with E-state index in [9.17, 15) is 21.6 Å². The minimum absolute atomic E-state index is 0.108. The lowest BCUT2D eigenvalue weighted by Gasteiger charge is -2.14. The van der Waals surface area contributed by atoms with Gasteiger partial charge in [0.25, 0.3) is 0 Å². The molecule has 0 aliphatic heterocycles. The van der Waals surface area contributed by atoms with Gasteiger partial charge in [0.1, 0.15) is 0 Å². The Bertz CT molecular complexity index is 568. The van der Waals surface area contributed by atoms with Crippen LogP contribution < -0.4 is 10.5 Å². The highest BCUT2D eigenvalue weighted by Crippen LogP contribution is 2.34. The van der Waals surface area contributed by atoms with Gasteiger partial charge >= 0.3 is 6.18 Å². The third-order valence-electron chi connectivity index (χ3n) is 2.56. The van der Waals surface area contributed by atoms with Gasteiger partial charge in [0.2, 0.25) is 10.0 Å². The lowest BCUT2D eigenvalue weighted by atomic mass is 10.1. The molecule has 0 saturated carbocycles. The molecule has 0 unspecified atom stereocenters. The first kappa shape index (κ1) is 15.8. The normalized spacial score (nSPS) is 12.7. The number of nitrogens with two attached hydrogens (primary N) is 1. The van der Waals surface area contributed by atoms with Crippen LogP contribution in [-0.4, -0.2) is 15.0 Å². The van der Waals surface area contributed by atoms with E-state index < -0.39 is 26.7 Å². The highest BCUT2D eigenvalue weighted by molar-refractivity contribution is 7.89. The fourth-order valence-electron chi connectivity index (χ4n) is 1.47. The molecule has 1 aromatic rings. The topological polar surface area (TPSA) is 72.2 Å². The van der Waals surface area contributed by atoms with Crippen molar-refractivity contribution < 1.29 is 21.6 Å². The Kier molecular flexibility index (Phi) is 4.46. The van der Waals surface area contributed by atoms with Crippen LogP contribution in [0.4, 0.5) is 18.9 Å². The average molecular weight is 296 g/mol. The zero-order valence-electron chi connectivity index (χ0n) is 10.5. The molecule has 0 saturated heterocycles. The summed E-state index contributed by atoms with van der Waals surface area (Å²) in [7, 11) is -3.99. The number of hydrogen-bond acceptors (Lipinski definition) is 3. The molecule has 0 radical (unpaired) electrons. The van der Waals surface area contributed by atoms with E-state index >= 15 is 0 Å². The van der Waals surface area contributed by atoms with E-state index in [0.29, 0.717) is 12.5 Å². The van der Waals surface area contributed by atoms with Crippen molar-refractivity contribution in [2.75, 3.05) is 12.3 Å². The molecule has 8 heteroatoms. The molecular formula is C11H15F3N2O2S. The number of nitrogen functional groups attached to an aromatic ring is 1. The molecule has 0 aliphatic carbocycles. The molecule has 0 atom stereocenters. The predicted molar refractivity (Wildman–Crippen MR) is 66.1 cm³/mol. The van der Waals surface area contributed by atoms with E-state index in [1.807, 2.05) is 0 Å². The number of halogens is 3. The van der Waals surface area contributed by atoms with Crippen molar-refractivity contribution in [1.82, 2.24) is 4.72 Å². The second kappa shape index (κ2) is 5.38. The number of hydrogen-bond donors (Lipinski definition) is 2. The van der Waals surface area contributed by atoms with Gasteiger partial charge in [-0.1, -0.05) is 6.92 Å². The molecule has 0 amide bonds. The zero-order valence-corrected chi connectivity index (χ0v) is 11.3. The molecule has 1 aromatic carbocycles. The molecule has 0 bridgehead atoms. The molecule has 0 aromatic heterocycles. The molecule has 3 N–H and O–H groups in total. The number of anilines is 1. The fourth-order valence-corrected chi connectivity index (χ4v) is 2.90. The van der Waals surface area contributed by atoms with Crippen molar-refractivity contribution in [3.8, 4) is 0 Å². The summed E-state index contributed by atoms with van der Waals surface area (Å²) in [6.07, 6.45) is -4.11. The van der Waals surface area contributed by atoms with E-state index in [4.69, 9.17) is 5.73 Å². The summed E-state index contributed by atoms with van der Waals surface area (Å²) in [5, 5.41) is 0. The van der Waals surface area contributed by atoms with E-state index in [2.05, 4.69) is 4.72 Å². The molecule has 0 fully saturated rings. The van der Waals surface area contributed by atoms with Crippen LogP contribution in [0.25, 0.3) is 0 Å². The van der Waals surface area contributed by atoms with Gasteiger partial charge in [-0.15, -0.1) is 0 Å². The van der Waals surface area contributed by atoms with E-state index in [1.54, 1.807) is 6.92 Å². The van der Waals surface area contributed by atoms with Crippen molar-refractivity contribution in [3.63, 3.8) is 0 Å². The number of alkyl halides is 3. The van der Waals surface area contributed by atoms with Crippen molar-refractivity contribution in [3.05, 3.63) is 23.3 Å². The smallest absolute Gasteiger partial charge is 0.398 e. The van der Waals surface area contributed by atoms with Crippen molar-refractivity contribution >= 4 is 15.7 Å². The SMILES string of the molecule is CCCNS(=O)(=O)c1cc(C(F)(F)F)cc(N)c1C. The van der Waals surface area contributed by atoms with Gasteiger partial charge in [-0.2, -0.15) is 13.2 Å². The number of rotatable bonds is 4. The van der Waals surface area contributed by atoms with Crippen LogP contribution in [-0.2, 0) is 16.2 Å². The van der Waals surface area contributed by atoms with Gasteiger partial charge in [-0.25, -0.2) is 13.1 Å². The van der Waals surface area contributed by atoms with Crippen molar-refractivity contribution in [1.29, 1.82) is 0 Å². The van der Waals surface area contributed by atoms with Crippen molar-refractivity contribution in [2.45, 2.75) is 31.3 Å². The first-order chi connectivity index (χ1) is 8.59. The van der Waals surface area contributed by atoms with Gasteiger partial charge in [0, 0.05) is 12.2 Å². The maximum absolute atomic E-state index is 12.6. The lowest BCUT2D eigenvalue weighted by molar-refractivity contribution is -0.137. The number of benzene rings is 1. The third-order valence-corrected chi connectivity index (χ3v) is 4.15. The molecule has 0 heterocycles. The summed E-state index contributed by atoms with van der Waals surface area (Å²) in [5.41, 5.74) is 4.28. The maximum Gasteiger partial charge on any atom is 0.416 e. The van der Waals surface area contributed by atoms with E-state index in [0.717, 1.165) is 6.07 Å². The predicted octanol–water partition coefficient (Wildman–Crippen LogP) is 2.28.